The van der Waals surface area contributed by atoms with Crippen molar-refractivity contribution in [1.29, 1.82) is 0 Å². The molecule has 0 saturated heterocycles. The summed E-state index contributed by atoms with van der Waals surface area (Å²) in [5, 5.41) is 3.72. The van der Waals surface area contributed by atoms with E-state index in [1.807, 2.05) is 30.3 Å². The Morgan fingerprint density at radius 3 is 2.68 bits per heavy atom. The van der Waals surface area contributed by atoms with Crippen LogP contribution in [-0.2, 0) is 17.6 Å². The van der Waals surface area contributed by atoms with Gasteiger partial charge in [0.15, 0.2) is 0 Å². The van der Waals surface area contributed by atoms with Gasteiger partial charge >= 0.3 is 0 Å². The first-order chi connectivity index (χ1) is 12.2. The lowest BCUT2D eigenvalue weighted by Crippen LogP contribution is -2.28. The fourth-order valence-corrected chi connectivity index (χ4v) is 4.29. The molecular weight excluding hydrogens is 335 g/mol. The molecular formula is C20H17FN2OS. The summed E-state index contributed by atoms with van der Waals surface area (Å²) in [7, 11) is 0. The summed E-state index contributed by atoms with van der Waals surface area (Å²) in [6.45, 7) is 0. The quantitative estimate of drug-likeness (QED) is 0.743. The van der Waals surface area contributed by atoms with Gasteiger partial charge in [-0.15, -0.1) is 11.3 Å². The number of aromatic nitrogens is 1. The van der Waals surface area contributed by atoms with Crippen LogP contribution in [0.15, 0.2) is 54.6 Å². The second-order valence-electron chi connectivity index (χ2n) is 6.16. The van der Waals surface area contributed by atoms with E-state index in [2.05, 4.69) is 5.32 Å². The van der Waals surface area contributed by atoms with Gasteiger partial charge in [-0.1, -0.05) is 42.5 Å². The van der Waals surface area contributed by atoms with Gasteiger partial charge in [-0.25, -0.2) is 9.37 Å². The number of amides is 1. The third-order valence-corrected chi connectivity index (χ3v) is 5.63. The largest absolute Gasteiger partial charge is 0.323 e. The van der Waals surface area contributed by atoms with Crippen LogP contribution in [0.3, 0.4) is 0 Å². The molecule has 1 N–H and O–H groups in total. The zero-order valence-electron chi connectivity index (χ0n) is 13.5. The molecule has 25 heavy (non-hydrogen) atoms. The van der Waals surface area contributed by atoms with Crippen LogP contribution in [0.4, 0.5) is 10.1 Å². The van der Waals surface area contributed by atoms with E-state index < -0.39 is 5.82 Å². The minimum absolute atomic E-state index is 0.120. The zero-order valence-corrected chi connectivity index (χ0v) is 14.4. The molecule has 0 aliphatic heterocycles. The summed E-state index contributed by atoms with van der Waals surface area (Å²) in [6.07, 6.45) is 2.19. The number of nitrogens with zero attached hydrogens (tertiary/aromatic N) is 1. The monoisotopic (exact) mass is 352 g/mol. The standard InChI is InChI=1S/C20H17FN2OS/c21-15-8-4-5-9-16(15)22-19(24)14-10-11-17-18(12-14)25-20(23-17)13-6-2-1-3-7-13/h1-9,14H,10-12H2,(H,22,24). The van der Waals surface area contributed by atoms with Crippen LogP contribution in [0, 0.1) is 11.7 Å². The number of carbonyl (C=O) groups is 1. The van der Waals surface area contributed by atoms with Gasteiger partial charge in [0, 0.05) is 16.4 Å². The molecule has 126 valence electrons. The summed E-state index contributed by atoms with van der Waals surface area (Å²) in [6, 6.07) is 16.3. The minimum atomic E-state index is -0.406. The summed E-state index contributed by atoms with van der Waals surface area (Å²) in [5.41, 5.74) is 2.45. The Balaban J connectivity index is 1.50. The number of nitrogens with one attached hydrogen (secondary N) is 1. The van der Waals surface area contributed by atoms with Crippen LogP contribution in [0.2, 0.25) is 0 Å². The highest BCUT2D eigenvalue weighted by Crippen LogP contribution is 2.35. The van der Waals surface area contributed by atoms with Crippen LogP contribution < -0.4 is 5.32 Å². The van der Waals surface area contributed by atoms with Crippen LogP contribution in [0.1, 0.15) is 17.0 Å². The number of anilines is 1. The average molecular weight is 352 g/mol. The molecule has 0 spiro atoms. The Morgan fingerprint density at radius 2 is 1.88 bits per heavy atom. The van der Waals surface area contributed by atoms with Crippen molar-refractivity contribution in [3.63, 3.8) is 0 Å². The molecule has 3 nitrogen and oxygen atoms in total. The highest BCUT2D eigenvalue weighted by atomic mass is 32.1. The molecule has 1 aliphatic carbocycles. The number of para-hydroxylation sites is 1. The fourth-order valence-electron chi connectivity index (χ4n) is 3.10. The smallest absolute Gasteiger partial charge is 0.227 e. The molecule has 2 aromatic carbocycles. The predicted molar refractivity (Wildman–Crippen MR) is 98.1 cm³/mol. The van der Waals surface area contributed by atoms with Crippen molar-refractivity contribution in [3.05, 3.63) is 71.0 Å². The highest BCUT2D eigenvalue weighted by Gasteiger charge is 2.28. The second kappa shape index (κ2) is 6.76. The molecule has 3 aromatic rings. The number of aryl methyl sites for hydroxylation is 1. The zero-order chi connectivity index (χ0) is 17.2. The van der Waals surface area contributed by atoms with E-state index in [1.165, 1.54) is 10.9 Å². The Bertz CT molecular complexity index is 907. The van der Waals surface area contributed by atoms with E-state index in [1.54, 1.807) is 29.5 Å². The maximum Gasteiger partial charge on any atom is 0.227 e. The molecule has 1 heterocycles. The Labute approximate surface area is 149 Å². The van der Waals surface area contributed by atoms with Crippen LogP contribution in [0.25, 0.3) is 10.6 Å². The molecule has 5 heteroatoms. The molecule has 1 unspecified atom stereocenters. The first kappa shape index (κ1) is 16.0. The highest BCUT2D eigenvalue weighted by molar-refractivity contribution is 7.15. The number of carbonyl (C=O) groups excluding carboxylic acids is 1. The maximum atomic E-state index is 13.7. The van der Waals surface area contributed by atoms with E-state index in [0.717, 1.165) is 29.1 Å². The molecule has 0 fully saturated rings. The van der Waals surface area contributed by atoms with Gasteiger partial charge in [0.1, 0.15) is 10.8 Å². The normalized spacial score (nSPS) is 16.3. The van der Waals surface area contributed by atoms with Crippen molar-refractivity contribution in [2.75, 3.05) is 5.32 Å². The molecule has 0 saturated carbocycles. The lowest BCUT2D eigenvalue weighted by atomic mass is 9.90. The number of hydrogen-bond acceptors (Lipinski definition) is 3. The summed E-state index contributed by atoms with van der Waals surface area (Å²) in [4.78, 5) is 18.4. The van der Waals surface area contributed by atoms with Crippen molar-refractivity contribution < 1.29 is 9.18 Å². The third-order valence-electron chi connectivity index (χ3n) is 4.46. The van der Waals surface area contributed by atoms with Gasteiger partial charge in [0.05, 0.1) is 11.4 Å². The Hall–Kier alpha value is -2.53. The van der Waals surface area contributed by atoms with Gasteiger partial charge < -0.3 is 5.32 Å². The van der Waals surface area contributed by atoms with E-state index in [9.17, 15) is 9.18 Å². The molecule has 4 rings (SSSR count). The third kappa shape index (κ3) is 3.33. The van der Waals surface area contributed by atoms with Gasteiger partial charge in [-0.05, 0) is 31.4 Å². The van der Waals surface area contributed by atoms with E-state index >= 15 is 0 Å². The predicted octanol–water partition coefficient (Wildman–Crippen LogP) is 4.69. The Morgan fingerprint density at radius 1 is 1.12 bits per heavy atom. The molecule has 0 bridgehead atoms. The van der Waals surface area contributed by atoms with Crippen LogP contribution in [-0.4, -0.2) is 10.9 Å². The molecule has 1 aliphatic rings. The van der Waals surface area contributed by atoms with E-state index in [0.29, 0.717) is 6.42 Å². The maximum absolute atomic E-state index is 13.7. The first-order valence-corrected chi connectivity index (χ1v) is 9.12. The minimum Gasteiger partial charge on any atom is -0.323 e. The van der Waals surface area contributed by atoms with Gasteiger partial charge in [-0.3, -0.25) is 4.79 Å². The van der Waals surface area contributed by atoms with Crippen molar-refractivity contribution in [2.24, 2.45) is 5.92 Å². The Kier molecular flexibility index (Phi) is 4.32. The summed E-state index contributed by atoms with van der Waals surface area (Å²) < 4.78 is 13.7. The summed E-state index contributed by atoms with van der Waals surface area (Å²) in [5.74, 6) is -0.668. The SMILES string of the molecule is O=C(Nc1ccccc1F)C1CCc2nc(-c3ccccc3)sc2C1. The van der Waals surface area contributed by atoms with Crippen molar-refractivity contribution in [3.8, 4) is 10.6 Å². The van der Waals surface area contributed by atoms with Crippen molar-refractivity contribution >= 4 is 22.9 Å². The lowest BCUT2D eigenvalue weighted by molar-refractivity contribution is -0.120. The van der Waals surface area contributed by atoms with Crippen molar-refractivity contribution in [1.82, 2.24) is 4.98 Å². The van der Waals surface area contributed by atoms with Gasteiger partial charge in [0.25, 0.3) is 0 Å². The molecule has 1 amide bonds. The number of hydrogen-bond donors (Lipinski definition) is 1. The average Bonchev–Trinajstić information content (AvgIpc) is 3.07. The van der Waals surface area contributed by atoms with Crippen molar-refractivity contribution in [2.45, 2.75) is 19.3 Å². The second-order valence-corrected chi connectivity index (χ2v) is 7.25. The molecule has 1 atom stereocenters. The number of halogens is 1. The topological polar surface area (TPSA) is 42.0 Å². The number of benzene rings is 2. The molecule has 0 radical (unpaired) electrons. The lowest BCUT2D eigenvalue weighted by Gasteiger charge is -2.20. The van der Waals surface area contributed by atoms with E-state index in [4.69, 9.17) is 4.98 Å². The molecule has 1 aromatic heterocycles. The van der Waals surface area contributed by atoms with E-state index in [-0.39, 0.29) is 17.5 Å². The number of rotatable bonds is 3. The summed E-state index contributed by atoms with van der Waals surface area (Å²) >= 11 is 1.65. The number of fused-ring (bicyclic) bond motifs is 1. The number of thiazole rings is 1. The van der Waals surface area contributed by atoms with Gasteiger partial charge in [0.2, 0.25) is 5.91 Å². The first-order valence-electron chi connectivity index (χ1n) is 8.30. The van der Waals surface area contributed by atoms with Gasteiger partial charge in [-0.2, -0.15) is 0 Å². The fraction of sp³-hybridized carbons (Fsp3) is 0.200. The van der Waals surface area contributed by atoms with Crippen LogP contribution in [0.5, 0.6) is 0 Å². The van der Waals surface area contributed by atoms with Crippen LogP contribution >= 0.6 is 11.3 Å².